The second-order valence-corrected chi connectivity index (χ2v) is 5.36. The highest BCUT2D eigenvalue weighted by atomic mass is 16.5. The van der Waals surface area contributed by atoms with Gasteiger partial charge in [-0.1, -0.05) is 5.16 Å². The van der Waals surface area contributed by atoms with Gasteiger partial charge < -0.3 is 14.4 Å². The fourth-order valence-electron chi connectivity index (χ4n) is 2.77. The zero-order valence-electron chi connectivity index (χ0n) is 11.9. The molecular formula is C14H18N4O2. The minimum absolute atomic E-state index is 0.105. The molecule has 0 saturated heterocycles. The first-order valence-corrected chi connectivity index (χ1v) is 6.81. The van der Waals surface area contributed by atoms with Crippen LogP contribution in [-0.2, 0) is 13.0 Å². The third-order valence-corrected chi connectivity index (χ3v) is 3.71. The van der Waals surface area contributed by atoms with Crippen molar-refractivity contribution in [2.75, 3.05) is 0 Å². The van der Waals surface area contributed by atoms with Crippen molar-refractivity contribution in [3.05, 3.63) is 34.7 Å². The van der Waals surface area contributed by atoms with Crippen molar-refractivity contribution in [3.63, 3.8) is 0 Å². The summed E-state index contributed by atoms with van der Waals surface area (Å²) in [4.78, 5) is 16.8. The average Bonchev–Trinajstić information content (AvgIpc) is 2.91. The molecule has 3 heterocycles. The van der Waals surface area contributed by atoms with E-state index in [0.717, 1.165) is 30.9 Å². The summed E-state index contributed by atoms with van der Waals surface area (Å²) in [6, 6.07) is 0.122. The highest BCUT2D eigenvalue weighted by Gasteiger charge is 2.24. The topological polar surface area (TPSA) is 73.0 Å². The molecule has 6 nitrogen and oxygen atoms in total. The molecule has 106 valence electrons. The van der Waals surface area contributed by atoms with Gasteiger partial charge in [0.2, 0.25) is 0 Å². The smallest absolute Gasteiger partial charge is 0.257 e. The molecule has 2 aromatic heterocycles. The number of carbonyl (C=O) groups is 1. The highest BCUT2D eigenvalue weighted by molar-refractivity contribution is 5.96. The Morgan fingerprint density at radius 2 is 2.25 bits per heavy atom. The molecule has 0 aromatic carbocycles. The molecule has 20 heavy (non-hydrogen) atoms. The molecule has 0 saturated carbocycles. The zero-order valence-corrected chi connectivity index (χ0v) is 11.9. The molecule has 2 aromatic rings. The number of carbonyl (C=O) groups excluding carboxylic acids is 1. The number of imidazole rings is 1. The molecule has 1 aliphatic rings. The van der Waals surface area contributed by atoms with E-state index in [1.807, 2.05) is 13.1 Å². The van der Waals surface area contributed by atoms with Crippen molar-refractivity contribution in [1.29, 1.82) is 0 Å². The third-order valence-electron chi connectivity index (χ3n) is 3.71. The van der Waals surface area contributed by atoms with Crippen LogP contribution in [0.5, 0.6) is 0 Å². The van der Waals surface area contributed by atoms with Gasteiger partial charge in [-0.3, -0.25) is 4.79 Å². The number of hydrogen-bond donors (Lipinski definition) is 1. The van der Waals surface area contributed by atoms with E-state index in [1.165, 1.54) is 0 Å². The van der Waals surface area contributed by atoms with E-state index in [-0.39, 0.29) is 11.9 Å². The average molecular weight is 274 g/mol. The van der Waals surface area contributed by atoms with Crippen LogP contribution in [0.25, 0.3) is 0 Å². The molecule has 0 bridgehead atoms. The third kappa shape index (κ3) is 2.21. The lowest BCUT2D eigenvalue weighted by atomic mass is 10.1. The van der Waals surface area contributed by atoms with Crippen molar-refractivity contribution in [2.45, 2.75) is 46.2 Å². The van der Waals surface area contributed by atoms with Crippen LogP contribution >= 0.6 is 0 Å². The fraction of sp³-hybridized carbons (Fsp3) is 0.500. The molecule has 6 heteroatoms. The van der Waals surface area contributed by atoms with Gasteiger partial charge in [0.25, 0.3) is 5.91 Å². The van der Waals surface area contributed by atoms with Crippen molar-refractivity contribution in [1.82, 2.24) is 20.0 Å². The minimum atomic E-state index is -0.105. The number of nitrogens with one attached hydrogen (secondary N) is 1. The Labute approximate surface area is 117 Å². The van der Waals surface area contributed by atoms with E-state index in [1.54, 1.807) is 13.8 Å². The van der Waals surface area contributed by atoms with Gasteiger partial charge in [-0.2, -0.15) is 0 Å². The lowest BCUT2D eigenvalue weighted by Gasteiger charge is -2.24. The van der Waals surface area contributed by atoms with E-state index in [2.05, 4.69) is 20.0 Å². The number of amides is 1. The molecule has 0 unspecified atom stereocenters. The Morgan fingerprint density at radius 1 is 1.45 bits per heavy atom. The SMILES string of the molecule is Cc1cn2c(n1)CC[C@@H](NC(=O)c1c(C)noc1C)C2. The quantitative estimate of drug-likeness (QED) is 0.901. The van der Waals surface area contributed by atoms with E-state index in [4.69, 9.17) is 4.52 Å². The summed E-state index contributed by atoms with van der Waals surface area (Å²) in [7, 11) is 0. The lowest BCUT2D eigenvalue weighted by molar-refractivity contribution is 0.0925. The molecule has 0 fully saturated rings. The number of nitrogens with zero attached hydrogens (tertiary/aromatic N) is 3. The Bertz CT molecular complexity index is 637. The van der Waals surface area contributed by atoms with Gasteiger partial charge in [0, 0.05) is 25.2 Å². The summed E-state index contributed by atoms with van der Waals surface area (Å²) >= 11 is 0. The second-order valence-electron chi connectivity index (χ2n) is 5.36. The van der Waals surface area contributed by atoms with Gasteiger partial charge in [-0.25, -0.2) is 4.98 Å². The summed E-state index contributed by atoms with van der Waals surface area (Å²) in [5.41, 5.74) is 2.21. The maximum atomic E-state index is 12.3. The molecule has 1 atom stereocenters. The van der Waals surface area contributed by atoms with Gasteiger partial charge in [0.1, 0.15) is 17.1 Å². The summed E-state index contributed by atoms with van der Waals surface area (Å²) in [5.74, 6) is 1.56. The number of aryl methyl sites for hydroxylation is 4. The molecule has 0 radical (unpaired) electrons. The van der Waals surface area contributed by atoms with Crippen molar-refractivity contribution in [3.8, 4) is 0 Å². The van der Waals surface area contributed by atoms with E-state index >= 15 is 0 Å². The van der Waals surface area contributed by atoms with Gasteiger partial charge in [-0.15, -0.1) is 0 Å². The number of rotatable bonds is 2. The number of fused-ring (bicyclic) bond motifs is 1. The second kappa shape index (κ2) is 4.77. The predicted molar refractivity (Wildman–Crippen MR) is 72.5 cm³/mol. The first-order valence-electron chi connectivity index (χ1n) is 6.81. The number of hydrogen-bond acceptors (Lipinski definition) is 4. The first-order chi connectivity index (χ1) is 9.54. The van der Waals surface area contributed by atoms with E-state index in [0.29, 0.717) is 17.0 Å². The molecule has 1 amide bonds. The van der Waals surface area contributed by atoms with Crippen LogP contribution < -0.4 is 5.32 Å². The van der Waals surface area contributed by atoms with Crippen molar-refractivity contribution < 1.29 is 9.32 Å². The summed E-state index contributed by atoms with van der Waals surface area (Å²) in [6.45, 7) is 6.30. The summed E-state index contributed by atoms with van der Waals surface area (Å²) in [5, 5.41) is 6.88. The molecule has 3 rings (SSSR count). The van der Waals surface area contributed by atoms with Gasteiger partial charge >= 0.3 is 0 Å². The monoisotopic (exact) mass is 274 g/mol. The van der Waals surface area contributed by atoms with Crippen LogP contribution in [0.1, 0.15) is 39.8 Å². The molecule has 1 aliphatic heterocycles. The largest absolute Gasteiger partial charge is 0.361 e. The van der Waals surface area contributed by atoms with Crippen LogP contribution in [0.4, 0.5) is 0 Å². The Balaban J connectivity index is 1.72. The van der Waals surface area contributed by atoms with Gasteiger partial charge in [0.05, 0.1) is 11.4 Å². The van der Waals surface area contributed by atoms with Gasteiger partial charge in [0.15, 0.2) is 0 Å². The Morgan fingerprint density at radius 3 is 2.95 bits per heavy atom. The van der Waals surface area contributed by atoms with Crippen LogP contribution in [-0.4, -0.2) is 26.7 Å². The van der Waals surface area contributed by atoms with Gasteiger partial charge in [-0.05, 0) is 27.2 Å². The summed E-state index contributed by atoms with van der Waals surface area (Å²) < 4.78 is 7.16. The maximum Gasteiger partial charge on any atom is 0.257 e. The predicted octanol–water partition coefficient (Wildman–Crippen LogP) is 1.54. The lowest BCUT2D eigenvalue weighted by Crippen LogP contribution is -2.41. The zero-order chi connectivity index (χ0) is 14.3. The minimum Gasteiger partial charge on any atom is -0.361 e. The van der Waals surface area contributed by atoms with E-state index in [9.17, 15) is 4.79 Å². The normalized spacial score (nSPS) is 17.9. The molecule has 1 N–H and O–H groups in total. The standard InChI is InChI=1S/C14H18N4O2/c1-8-6-18-7-11(4-5-12(18)15-8)16-14(19)13-9(2)17-20-10(13)3/h6,11H,4-5,7H2,1-3H3,(H,16,19)/t11-/m1/s1. The van der Waals surface area contributed by atoms with Crippen molar-refractivity contribution >= 4 is 5.91 Å². The number of aromatic nitrogens is 3. The molecule has 0 aliphatic carbocycles. The highest BCUT2D eigenvalue weighted by Crippen LogP contribution is 2.17. The van der Waals surface area contributed by atoms with E-state index < -0.39 is 0 Å². The molecular weight excluding hydrogens is 256 g/mol. The van der Waals surface area contributed by atoms with Crippen LogP contribution in [0.3, 0.4) is 0 Å². The molecule has 0 spiro atoms. The Kier molecular flexibility index (Phi) is 3.08. The summed E-state index contributed by atoms with van der Waals surface area (Å²) in [6.07, 6.45) is 3.83. The first kappa shape index (κ1) is 12.9. The van der Waals surface area contributed by atoms with Crippen molar-refractivity contribution in [2.24, 2.45) is 0 Å². The Hall–Kier alpha value is -2.11. The van der Waals surface area contributed by atoms with Crippen LogP contribution in [0, 0.1) is 20.8 Å². The maximum absolute atomic E-state index is 12.3. The van der Waals surface area contributed by atoms with Crippen LogP contribution in [0.2, 0.25) is 0 Å². The fourth-order valence-corrected chi connectivity index (χ4v) is 2.77. The van der Waals surface area contributed by atoms with Crippen LogP contribution in [0.15, 0.2) is 10.7 Å².